The Hall–Kier alpha value is -1.46. The Labute approximate surface area is 120 Å². The molecule has 2 atom stereocenters. The first-order valence-electron chi connectivity index (χ1n) is 5.42. The molecule has 0 spiro atoms. The summed E-state index contributed by atoms with van der Waals surface area (Å²) < 4.78 is 10.1. The zero-order valence-corrected chi connectivity index (χ0v) is 11.9. The molecule has 1 aromatic carbocycles. The van der Waals surface area contributed by atoms with Gasteiger partial charge in [0.1, 0.15) is 5.75 Å². The normalized spacial score (nSPS) is 13.5. The standard InChI is InChI=1S/C12H13Cl2NO4/c1-6(11(15)16)19-12(17)7(2)18-10-4-3-8(13)5-9(10)14/h3-7H,1-2H3,(H2,15,16)/t6-,7+/m1/s1. The molecule has 1 amide bonds. The van der Waals surface area contributed by atoms with Gasteiger partial charge >= 0.3 is 5.97 Å². The maximum absolute atomic E-state index is 11.6. The average Bonchev–Trinajstić information content (AvgIpc) is 2.32. The van der Waals surface area contributed by atoms with Gasteiger partial charge in [-0.05, 0) is 32.0 Å². The van der Waals surface area contributed by atoms with Gasteiger partial charge in [0, 0.05) is 5.02 Å². The number of hydrogen-bond acceptors (Lipinski definition) is 4. The number of ether oxygens (including phenoxy) is 2. The van der Waals surface area contributed by atoms with Crippen LogP contribution < -0.4 is 10.5 Å². The number of benzene rings is 1. The van der Waals surface area contributed by atoms with Crippen molar-refractivity contribution in [3.63, 3.8) is 0 Å². The van der Waals surface area contributed by atoms with Crippen molar-refractivity contribution in [3.8, 4) is 5.75 Å². The molecule has 0 aliphatic carbocycles. The van der Waals surface area contributed by atoms with Gasteiger partial charge in [-0.3, -0.25) is 4.79 Å². The van der Waals surface area contributed by atoms with E-state index in [2.05, 4.69) is 0 Å². The summed E-state index contributed by atoms with van der Waals surface area (Å²) in [6.45, 7) is 2.85. The molecule has 0 radical (unpaired) electrons. The summed E-state index contributed by atoms with van der Waals surface area (Å²) in [6.07, 6.45) is -1.94. The minimum Gasteiger partial charge on any atom is -0.477 e. The van der Waals surface area contributed by atoms with E-state index in [4.69, 9.17) is 38.4 Å². The lowest BCUT2D eigenvalue weighted by molar-refractivity contribution is -0.159. The minimum atomic E-state index is -1.01. The van der Waals surface area contributed by atoms with Gasteiger partial charge in [-0.2, -0.15) is 0 Å². The number of rotatable bonds is 5. The number of esters is 1. The molecule has 2 N–H and O–H groups in total. The molecular formula is C12H13Cl2NO4. The summed E-state index contributed by atoms with van der Waals surface area (Å²) in [4.78, 5) is 22.4. The van der Waals surface area contributed by atoms with Crippen LogP contribution in [0.5, 0.6) is 5.75 Å². The second kappa shape index (κ2) is 6.63. The zero-order chi connectivity index (χ0) is 14.6. The van der Waals surface area contributed by atoms with E-state index in [9.17, 15) is 9.59 Å². The molecule has 0 aliphatic rings. The first kappa shape index (κ1) is 15.6. The summed E-state index contributed by atoms with van der Waals surface area (Å²) in [5.74, 6) is -1.15. The van der Waals surface area contributed by atoms with E-state index in [0.29, 0.717) is 10.8 Å². The van der Waals surface area contributed by atoms with Crippen molar-refractivity contribution in [1.82, 2.24) is 0 Å². The van der Waals surface area contributed by atoms with Crippen LogP contribution in [0.3, 0.4) is 0 Å². The molecule has 19 heavy (non-hydrogen) atoms. The highest BCUT2D eigenvalue weighted by molar-refractivity contribution is 6.35. The summed E-state index contributed by atoms with van der Waals surface area (Å²) in [6, 6.07) is 4.60. The van der Waals surface area contributed by atoms with E-state index in [-0.39, 0.29) is 5.02 Å². The van der Waals surface area contributed by atoms with Crippen molar-refractivity contribution in [2.24, 2.45) is 5.73 Å². The topological polar surface area (TPSA) is 78.6 Å². The summed E-state index contributed by atoms with van der Waals surface area (Å²) >= 11 is 11.6. The minimum absolute atomic E-state index is 0.273. The van der Waals surface area contributed by atoms with Gasteiger partial charge in [0.15, 0.2) is 12.2 Å². The van der Waals surface area contributed by atoms with E-state index in [1.54, 1.807) is 6.07 Å². The highest BCUT2D eigenvalue weighted by Crippen LogP contribution is 2.28. The van der Waals surface area contributed by atoms with Crippen LogP contribution in [0.2, 0.25) is 10.0 Å². The van der Waals surface area contributed by atoms with E-state index >= 15 is 0 Å². The highest BCUT2D eigenvalue weighted by atomic mass is 35.5. The van der Waals surface area contributed by atoms with Gasteiger partial charge in [0.05, 0.1) is 5.02 Å². The van der Waals surface area contributed by atoms with Gasteiger partial charge < -0.3 is 15.2 Å². The molecule has 1 aromatic rings. The molecule has 0 bridgehead atoms. The molecule has 0 heterocycles. The number of hydrogen-bond donors (Lipinski definition) is 1. The summed E-state index contributed by atoms with van der Waals surface area (Å²) in [5.41, 5.74) is 4.98. The van der Waals surface area contributed by atoms with Crippen LogP contribution in [0.25, 0.3) is 0 Å². The first-order chi connectivity index (χ1) is 8.81. The SMILES string of the molecule is C[C@H](Oc1ccc(Cl)cc1Cl)C(=O)O[C@H](C)C(N)=O. The number of carbonyl (C=O) groups excluding carboxylic acids is 2. The molecule has 0 aromatic heterocycles. The second-order valence-corrected chi connectivity index (χ2v) is 4.66. The smallest absolute Gasteiger partial charge is 0.347 e. The Morgan fingerprint density at radius 3 is 2.37 bits per heavy atom. The monoisotopic (exact) mass is 305 g/mol. The largest absolute Gasteiger partial charge is 0.477 e. The molecule has 1 rings (SSSR count). The fourth-order valence-corrected chi connectivity index (χ4v) is 1.59. The molecule has 0 aliphatic heterocycles. The van der Waals surface area contributed by atoms with Crippen molar-refractivity contribution < 1.29 is 19.1 Å². The van der Waals surface area contributed by atoms with Gasteiger partial charge in [-0.15, -0.1) is 0 Å². The average molecular weight is 306 g/mol. The van der Waals surface area contributed by atoms with Crippen LogP contribution >= 0.6 is 23.2 Å². The van der Waals surface area contributed by atoms with E-state index in [1.165, 1.54) is 26.0 Å². The fraction of sp³-hybridized carbons (Fsp3) is 0.333. The van der Waals surface area contributed by atoms with Crippen LogP contribution in [0, 0.1) is 0 Å². The van der Waals surface area contributed by atoms with E-state index < -0.39 is 24.1 Å². The lowest BCUT2D eigenvalue weighted by Crippen LogP contribution is -2.35. The van der Waals surface area contributed by atoms with Crippen LogP contribution in [-0.4, -0.2) is 24.1 Å². The number of carbonyl (C=O) groups is 2. The Kier molecular flexibility index (Phi) is 5.44. The van der Waals surface area contributed by atoms with Gasteiger partial charge in [-0.25, -0.2) is 4.79 Å². The van der Waals surface area contributed by atoms with E-state index in [0.717, 1.165) is 0 Å². The van der Waals surface area contributed by atoms with Crippen molar-refractivity contribution in [3.05, 3.63) is 28.2 Å². The van der Waals surface area contributed by atoms with Crippen molar-refractivity contribution in [2.45, 2.75) is 26.1 Å². The Balaban J connectivity index is 2.66. The maximum atomic E-state index is 11.6. The molecule has 0 unspecified atom stereocenters. The molecule has 0 saturated heterocycles. The number of amides is 1. The molecule has 5 nitrogen and oxygen atoms in total. The number of nitrogens with two attached hydrogens (primary N) is 1. The summed E-state index contributed by atoms with van der Waals surface area (Å²) in [7, 11) is 0. The van der Waals surface area contributed by atoms with Crippen molar-refractivity contribution >= 4 is 35.1 Å². The molecule has 7 heteroatoms. The molecule has 104 valence electrons. The van der Waals surface area contributed by atoms with Gasteiger partial charge in [0.2, 0.25) is 0 Å². The quantitative estimate of drug-likeness (QED) is 0.846. The van der Waals surface area contributed by atoms with Crippen LogP contribution in [0.15, 0.2) is 18.2 Å². The highest BCUT2D eigenvalue weighted by Gasteiger charge is 2.22. The third-order valence-electron chi connectivity index (χ3n) is 2.22. The van der Waals surface area contributed by atoms with Crippen LogP contribution in [0.1, 0.15) is 13.8 Å². The predicted octanol–water partition coefficient (Wildman–Crippen LogP) is 2.18. The Bertz CT molecular complexity index is 493. The second-order valence-electron chi connectivity index (χ2n) is 3.82. The van der Waals surface area contributed by atoms with Crippen LogP contribution in [0.4, 0.5) is 0 Å². The number of primary amides is 1. The Morgan fingerprint density at radius 1 is 1.21 bits per heavy atom. The molecule has 0 saturated carbocycles. The number of halogens is 2. The predicted molar refractivity (Wildman–Crippen MR) is 71.3 cm³/mol. The van der Waals surface area contributed by atoms with Crippen molar-refractivity contribution in [1.29, 1.82) is 0 Å². The lowest BCUT2D eigenvalue weighted by atomic mass is 10.3. The molecule has 0 fully saturated rings. The lowest BCUT2D eigenvalue weighted by Gasteiger charge is -2.16. The fourth-order valence-electron chi connectivity index (χ4n) is 1.14. The first-order valence-corrected chi connectivity index (χ1v) is 6.18. The van der Waals surface area contributed by atoms with Gasteiger partial charge in [0.25, 0.3) is 5.91 Å². The molecular weight excluding hydrogens is 293 g/mol. The van der Waals surface area contributed by atoms with Crippen molar-refractivity contribution in [2.75, 3.05) is 0 Å². The third kappa shape index (κ3) is 4.61. The van der Waals surface area contributed by atoms with E-state index in [1.807, 2.05) is 0 Å². The third-order valence-corrected chi connectivity index (χ3v) is 2.75. The Morgan fingerprint density at radius 2 is 1.84 bits per heavy atom. The summed E-state index contributed by atoms with van der Waals surface area (Å²) in [5, 5.41) is 0.727. The van der Waals surface area contributed by atoms with Gasteiger partial charge in [-0.1, -0.05) is 23.2 Å². The zero-order valence-electron chi connectivity index (χ0n) is 10.4. The maximum Gasteiger partial charge on any atom is 0.347 e. The van der Waals surface area contributed by atoms with Crippen LogP contribution in [-0.2, 0) is 14.3 Å².